The zero-order valence-corrected chi connectivity index (χ0v) is 9.10. The van der Waals surface area contributed by atoms with Crippen LogP contribution in [-0.2, 0) is 4.74 Å². The van der Waals surface area contributed by atoms with Gasteiger partial charge in [-0.2, -0.15) is 5.26 Å². The molecule has 0 spiro atoms. The molecule has 0 N–H and O–H groups in total. The topological polar surface area (TPSA) is 50.1 Å². The molecule has 2 rings (SSSR count). The van der Waals surface area contributed by atoms with Gasteiger partial charge in [-0.05, 0) is 18.2 Å². The lowest BCUT2D eigenvalue weighted by atomic mass is 10.2. The SMILES string of the molecule is COC(=O)c1cc2c(F)cc(C#N)cc2s1. The molecule has 0 fully saturated rings. The average Bonchev–Trinajstić information content (AvgIpc) is 2.72. The number of fused-ring (bicyclic) bond motifs is 1. The quantitative estimate of drug-likeness (QED) is 0.714. The predicted molar refractivity (Wildman–Crippen MR) is 57.8 cm³/mol. The van der Waals surface area contributed by atoms with Crippen LogP contribution in [0.1, 0.15) is 15.2 Å². The van der Waals surface area contributed by atoms with Crippen LogP contribution in [0.5, 0.6) is 0 Å². The molecular formula is C11H6FNO2S. The van der Waals surface area contributed by atoms with E-state index < -0.39 is 11.8 Å². The summed E-state index contributed by atoms with van der Waals surface area (Å²) in [6.07, 6.45) is 0. The normalized spacial score (nSPS) is 10.1. The Morgan fingerprint density at radius 3 is 2.88 bits per heavy atom. The molecule has 1 heterocycles. The molecule has 0 radical (unpaired) electrons. The minimum Gasteiger partial charge on any atom is -0.465 e. The van der Waals surface area contributed by atoms with Crippen molar-refractivity contribution in [2.24, 2.45) is 0 Å². The molecular weight excluding hydrogens is 229 g/mol. The molecule has 0 aliphatic rings. The number of carbonyl (C=O) groups is 1. The van der Waals surface area contributed by atoms with Crippen LogP contribution in [0.3, 0.4) is 0 Å². The highest BCUT2D eigenvalue weighted by molar-refractivity contribution is 7.20. The van der Waals surface area contributed by atoms with Crippen molar-refractivity contribution in [3.8, 4) is 6.07 Å². The van der Waals surface area contributed by atoms with Crippen molar-refractivity contribution in [2.75, 3.05) is 7.11 Å². The average molecular weight is 235 g/mol. The van der Waals surface area contributed by atoms with E-state index in [1.807, 2.05) is 6.07 Å². The van der Waals surface area contributed by atoms with Gasteiger partial charge in [0.05, 0.1) is 18.7 Å². The van der Waals surface area contributed by atoms with Crippen LogP contribution in [0, 0.1) is 17.1 Å². The molecule has 2 aromatic rings. The molecule has 0 aliphatic heterocycles. The second-order valence-electron chi connectivity index (χ2n) is 3.08. The largest absolute Gasteiger partial charge is 0.465 e. The number of benzene rings is 1. The molecule has 0 atom stereocenters. The highest BCUT2D eigenvalue weighted by Gasteiger charge is 2.13. The first kappa shape index (κ1) is 10.6. The van der Waals surface area contributed by atoms with Gasteiger partial charge in [0, 0.05) is 10.1 Å². The Balaban J connectivity index is 2.67. The van der Waals surface area contributed by atoms with Gasteiger partial charge in [-0.15, -0.1) is 11.3 Å². The van der Waals surface area contributed by atoms with Crippen LogP contribution in [0.15, 0.2) is 18.2 Å². The molecule has 0 amide bonds. The molecule has 0 aliphatic carbocycles. The minimum absolute atomic E-state index is 0.239. The fourth-order valence-electron chi connectivity index (χ4n) is 1.36. The van der Waals surface area contributed by atoms with E-state index in [0.29, 0.717) is 15.0 Å². The first-order valence-electron chi connectivity index (χ1n) is 4.37. The van der Waals surface area contributed by atoms with Gasteiger partial charge in [-0.25, -0.2) is 9.18 Å². The van der Waals surface area contributed by atoms with Gasteiger partial charge in [-0.1, -0.05) is 0 Å². The van der Waals surface area contributed by atoms with Gasteiger partial charge < -0.3 is 4.74 Å². The minimum atomic E-state index is -0.501. The summed E-state index contributed by atoms with van der Waals surface area (Å²) in [7, 11) is 1.27. The third-order valence-electron chi connectivity index (χ3n) is 2.10. The standard InChI is InChI=1S/C11H6FNO2S/c1-15-11(14)10-4-7-8(12)2-6(5-13)3-9(7)16-10/h2-4H,1H3. The second-order valence-corrected chi connectivity index (χ2v) is 4.17. The Hall–Kier alpha value is -1.93. The number of halogens is 1. The van der Waals surface area contributed by atoms with Crippen molar-refractivity contribution < 1.29 is 13.9 Å². The van der Waals surface area contributed by atoms with E-state index in [1.165, 1.54) is 13.2 Å². The third-order valence-corrected chi connectivity index (χ3v) is 3.16. The van der Waals surface area contributed by atoms with Crippen molar-refractivity contribution in [3.63, 3.8) is 0 Å². The number of rotatable bonds is 1. The van der Waals surface area contributed by atoms with Crippen LogP contribution in [0.25, 0.3) is 10.1 Å². The van der Waals surface area contributed by atoms with Gasteiger partial charge in [0.2, 0.25) is 0 Å². The van der Waals surface area contributed by atoms with Crippen LogP contribution < -0.4 is 0 Å². The summed E-state index contributed by atoms with van der Waals surface area (Å²) < 4.78 is 18.6. The Bertz CT molecular complexity index is 612. The lowest BCUT2D eigenvalue weighted by molar-refractivity contribution is 0.0606. The molecule has 0 unspecified atom stereocenters. The number of hydrogen-bond acceptors (Lipinski definition) is 4. The van der Waals surface area contributed by atoms with Gasteiger partial charge >= 0.3 is 5.97 Å². The number of thiophene rings is 1. The smallest absolute Gasteiger partial charge is 0.348 e. The number of nitriles is 1. The number of hydrogen-bond donors (Lipinski definition) is 0. The molecule has 5 heteroatoms. The number of methoxy groups -OCH3 is 1. The van der Waals surface area contributed by atoms with E-state index in [2.05, 4.69) is 4.74 Å². The number of esters is 1. The van der Waals surface area contributed by atoms with Crippen molar-refractivity contribution in [1.82, 2.24) is 0 Å². The molecule has 0 bridgehead atoms. The van der Waals surface area contributed by atoms with Crippen LogP contribution >= 0.6 is 11.3 Å². The summed E-state index contributed by atoms with van der Waals surface area (Å²) in [6.45, 7) is 0. The highest BCUT2D eigenvalue weighted by atomic mass is 32.1. The van der Waals surface area contributed by atoms with E-state index in [-0.39, 0.29) is 5.56 Å². The first-order valence-corrected chi connectivity index (χ1v) is 5.19. The lowest BCUT2D eigenvalue weighted by Crippen LogP contribution is -1.96. The van der Waals surface area contributed by atoms with Gasteiger partial charge in [0.1, 0.15) is 10.7 Å². The molecule has 80 valence electrons. The predicted octanol–water partition coefficient (Wildman–Crippen LogP) is 2.70. The number of carbonyl (C=O) groups excluding carboxylic acids is 1. The Morgan fingerprint density at radius 1 is 1.50 bits per heavy atom. The number of ether oxygens (including phenoxy) is 1. The Kier molecular flexibility index (Phi) is 2.59. The van der Waals surface area contributed by atoms with Crippen molar-refractivity contribution in [3.05, 3.63) is 34.5 Å². The van der Waals surface area contributed by atoms with E-state index in [9.17, 15) is 9.18 Å². The molecule has 1 aromatic heterocycles. The second kappa shape index (κ2) is 3.91. The fraction of sp³-hybridized carbons (Fsp3) is 0.0909. The molecule has 1 aromatic carbocycles. The Labute approximate surface area is 94.7 Å². The third kappa shape index (κ3) is 1.64. The highest BCUT2D eigenvalue weighted by Crippen LogP contribution is 2.29. The number of nitrogens with zero attached hydrogens (tertiary/aromatic N) is 1. The summed E-state index contributed by atoms with van der Waals surface area (Å²) in [4.78, 5) is 11.6. The zero-order chi connectivity index (χ0) is 11.7. The van der Waals surface area contributed by atoms with Crippen molar-refractivity contribution >= 4 is 27.4 Å². The summed E-state index contributed by atoms with van der Waals surface area (Å²) in [6, 6.07) is 6.00. The summed E-state index contributed by atoms with van der Waals surface area (Å²) in [5, 5.41) is 9.02. The van der Waals surface area contributed by atoms with E-state index in [1.54, 1.807) is 6.07 Å². The van der Waals surface area contributed by atoms with Crippen LogP contribution in [-0.4, -0.2) is 13.1 Å². The first-order chi connectivity index (χ1) is 7.65. The summed E-state index contributed by atoms with van der Waals surface area (Å²) in [5.41, 5.74) is 0.239. The van der Waals surface area contributed by atoms with E-state index in [4.69, 9.17) is 5.26 Å². The molecule has 0 saturated carbocycles. The monoisotopic (exact) mass is 235 g/mol. The van der Waals surface area contributed by atoms with Crippen LogP contribution in [0.4, 0.5) is 4.39 Å². The maximum Gasteiger partial charge on any atom is 0.348 e. The maximum atomic E-state index is 13.5. The van der Waals surface area contributed by atoms with E-state index >= 15 is 0 Å². The summed E-state index contributed by atoms with van der Waals surface area (Å²) in [5.74, 6) is -1.00. The van der Waals surface area contributed by atoms with Crippen LogP contribution in [0.2, 0.25) is 0 Å². The maximum absolute atomic E-state index is 13.5. The molecule has 16 heavy (non-hydrogen) atoms. The van der Waals surface area contributed by atoms with Crippen molar-refractivity contribution in [1.29, 1.82) is 5.26 Å². The molecule has 3 nitrogen and oxygen atoms in total. The molecule has 0 saturated heterocycles. The van der Waals surface area contributed by atoms with Gasteiger partial charge in [-0.3, -0.25) is 0 Å². The fourth-order valence-corrected chi connectivity index (χ4v) is 2.39. The van der Waals surface area contributed by atoms with Gasteiger partial charge in [0.15, 0.2) is 0 Å². The van der Waals surface area contributed by atoms with Crippen molar-refractivity contribution in [2.45, 2.75) is 0 Å². The van der Waals surface area contributed by atoms with Gasteiger partial charge in [0.25, 0.3) is 0 Å². The Morgan fingerprint density at radius 2 is 2.25 bits per heavy atom. The lowest BCUT2D eigenvalue weighted by Gasteiger charge is -1.92. The van der Waals surface area contributed by atoms with E-state index in [0.717, 1.165) is 17.4 Å². The zero-order valence-electron chi connectivity index (χ0n) is 8.28. The summed E-state index contributed by atoms with van der Waals surface area (Å²) >= 11 is 1.11.